The highest BCUT2D eigenvalue weighted by Crippen LogP contribution is 2.32. The number of amides is 1. The second kappa shape index (κ2) is 4.31. The molecule has 2 aliphatic rings. The molecule has 2 aliphatic heterocycles. The van der Waals surface area contributed by atoms with Crippen LogP contribution < -0.4 is 0 Å². The molecule has 1 N–H and O–H groups in total. The van der Waals surface area contributed by atoms with E-state index in [9.17, 15) is 4.79 Å². The molecular formula is C15H18N4O. The molecule has 2 saturated heterocycles. The minimum absolute atomic E-state index is 0.0747. The van der Waals surface area contributed by atoms with Crippen LogP contribution in [0.25, 0.3) is 10.9 Å². The lowest BCUT2D eigenvalue weighted by molar-refractivity contribution is 0.0626. The van der Waals surface area contributed by atoms with Crippen molar-refractivity contribution in [1.29, 1.82) is 0 Å². The highest BCUT2D eigenvalue weighted by molar-refractivity contribution is 6.04. The molecule has 0 radical (unpaired) electrons. The fourth-order valence-corrected chi connectivity index (χ4v) is 3.65. The number of fused-ring (bicyclic) bond motifs is 3. The minimum atomic E-state index is 0.0747. The monoisotopic (exact) mass is 270 g/mol. The summed E-state index contributed by atoms with van der Waals surface area (Å²) in [5, 5.41) is 8.11. The molecule has 3 heterocycles. The maximum Gasteiger partial charge on any atom is 0.275 e. The van der Waals surface area contributed by atoms with Crippen molar-refractivity contribution in [2.75, 3.05) is 19.6 Å². The van der Waals surface area contributed by atoms with Crippen LogP contribution in [-0.4, -0.2) is 57.6 Å². The summed E-state index contributed by atoms with van der Waals surface area (Å²) in [6.45, 7) is 5.12. The summed E-state index contributed by atoms with van der Waals surface area (Å²) in [5.74, 6) is 0.0747. The first-order valence-corrected chi connectivity index (χ1v) is 7.26. The SMILES string of the molecule is CCN1C[C@@H]2C[C@H]1CN2C(=O)c1n[nH]c2ccccc12. The maximum absolute atomic E-state index is 12.7. The van der Waals surface area contributed by atoms with Gasteiger partial charge in [0, 0.05) is 30.6 Å². The highest BCUT2D eigenvalue weighted by atomic mass is 16.2. The number of hydrogen-bond donors (Lipinski definition) is 1. The summed E-state index contributed by atoms with van der Waals surface area (Å²) in [5.41, 5.74) is 1.49. The van der Waals surface area contributed by atoms with Gasteiger partial charge in [-0.05, 0) is 19.0 Å². The van der Waals surface area contributed by atoms with Gasteiger partial charge in [-0.3, -0.25) is 14.8 Å². The summed E-state index contributed by atoms with van der Waals surface area (Å²) in [6.07, 6.45) is 1.11. The topological polar surface area (TPSA) is 52.2 Å². The molecule has 2 aromatic rings. The number of benzene rings is 1. The Labute approximate surface area is 117 Å². The number of likely N-dealkylation sites (tertiary alicyclic amines) is 2. The Morgan fingerprint density at radius 2 is 2.20 bits per heavy atom. The average Bonchev–Trinajstić information content (AvgIpc) is 3.18. The van der Waals surface area contributed by atoms with E-state index in [1.54, 1.807) is 0 Å². The third-order valence-electron chi connectivity index (χ3n) is 4.69. The van der Waals surface area contributed by atoms with Crippen LogP contribution >= 0.6 is 0 Å². The van der Waals surface area contributed by atoms with Crippen molar-refractivity contribution < 1.29 is 4.79 Å². The largest absolute Gasteiger partial charge is 0.331 e. The summed E-state index contributed by atoms with van der Waals surface area (Å²) < 4.78 is 0. The number of aromatic amines is 1. The van der Waals surface area contributed by atoms with Crippen LogP contribution in [-0.2, 0) is 0 Å². The Kier molecular flexibility index (Phi) is 2.57. The molecule has 2 atom stereocenters. The van der Waals surface area contributed by atoms with Gasteiger partial charge in [-0.25, -0.2) is 0 Å². The number of piperazine rings is 1. The van der Waals surface area contributed by atoms with Gasteiger partial charge < -0.3 is 4.90 Å². The van der Waals surface area contributed by atoms with E-state index in [0.717, 1.165) is 37.0 Å². The van der Waals surface area contributed by atoms with Crippen molar-refractivity contribution in [2.45, 2.75) is 25.4 Å². The van der Waals surface area contributed by atoms with Gasteiger partial charge in [0.2, 0.25) is 0 Å². The molecule has 0 aliphatic carbocycles. The average molecular weight is 270 g/mol. The van der Waals surface area contributed by atoms with E-state index in [0.29, 0.717) is 17.8 Å². The molecule has 1 aromatic heterocycles. The van der Waals surface area contributed by atoms with Gasteiger partial charge in [0.15, 0.2) is 5.69 Å². The van der Waals surface area contributed by atoms with Crippen LogP contribution in [0.15, 0.2) is 24.3 Å². The van der Waals surface area contributed by atoms with Crippen LogP contribution in [0.3, 0.4) is 0 Å². The van der Waals surface area contributed by atoms with Gasteiger partial charge in [-0.2, -0.15) is 5.10 Å². The van der Waals surface area contributed by atoms with E-state index in [4.69, 9.17) is 0 Å². The first-order chi connectivity index (χ1) is 9.78. The molecule has 104 valence electrons. The first-order valence-electron chi connectivity index (χ1n) is 7.26. The van der Waals surface area contributed by atoms with Crippen LogP contribution in [0.2, 0.25) is 0 Å². The normalized spacial score (nSPS) is 25.8. The molecule has 2 fully saturated rings. The maximum atomic E-state index is 12.7. The fraction of sp³-hybridized carbons (Fsp3) is 0.467. The van der Waals surface area contributed by atoms with E-state index in [-0.39, 0.29) is 5.91 Å². The summed E-state index contributed by atoms with van der Waals surface area (Å²) in [6, 6.07) is 8.71. The second-order valence-electron chi connectivity index (χ2n) is 5.71. The molecule has 0 unspecified atom stereocenters. The van der Waals surface area contributed by atoms with Crippen LogP contribution in [0.4, 0.5) is 0 Å². The molecule has 1 amide bonds. The Hall–Kier alpha value is -1.88. The van der Waals surface area contributed by atoms with Crippen LogP contribution in [0, 0.1) is 0 Å². The van der Waals surface area contributed by atoms with Crippen LogP contribution in [0.5, 0.6) is 0 Å². The van der Waals surface area contributed by atoms with Gasteiger partial charge in [0.1, 0.15) is 0 Å². The van der Waals surface area contributed by atoms with Crippen LogP contribution in [0.1, 0.15) is 23.8 Å². The first kappa shape index (κ1) is 11.9. The molecule has 0 saturated carbocycles. The Bertz CT molecular complexity index is 665. The molecule has 2 bridgehead atoms. The molecule has 20 heavy (non-hydrogen) atoms. The smallest absolute Gasteiger partial charge is 0.275 e. The van der Waals surface area contributed by atoms with Crippen molar-refractivity contribution >= 4 is 16.8 Å². The van der Waals surface area contributed by atoms with Gasteiger partial charge in [-0.1, -0.05) is 25.1 Å². The van der Waals surface area contributed by atoms with E-state index in [2.05, 4.69) is 22.0 Å². The molecule has 5 nitrogen and oxygen atoms in total. The van der Waals surface area contributed by atoms with Gasteiger partial charge in [0.05, 0.1) is 5.52 Å². The van der Waals surface area contributed by atoms with Crippen molar-refractivity contribution in [2.24, 2.45) is 0 Å². The second-order valence-corrected chi connectivity index (χ2v) is 5.71. The van der Waals surface area contributed by atoms with Gasteiger partial charge in [0.25, 0.3) is 5.91 Å². The Balaban J connectivity index is 1.63. The predicted octanol–water partition coefficient (Wildman–Crippen LogP) is 1.48. The standard InChI is InChI=1S/C15H18N4O/c1-2-18-8-11-7-10(18)9-19(11)15(20)14-12-5-3-4-6-13(12)16-17-14/h3-6,10-11H,2,7-9H2,1H3,(H,16,17)/t10-,11-/m0/s1. The fourth-order valence-electron chi connectivity index (χ4n) is 3.65. The molecule has 1 aromatic carbocycles. The number of carbonyl (C=O) groups excluding carboxylic acids is 1. The van der Waals surface area contributed by atoms with E-state index in [1.807, 2.05) is 29.2 Å². The Morgan fingerprint density at radius 1 is 1.35 bits per heavy atom. The zero-order chi connectivity index (χ0) is 13.7. The lowest BCUT2D eigenvalue weighted by Crippen LogP contribution is -2.48. The number of nitrogens with one attached hydrogen (secondary N) is 1. The summed E-state index contributed by atoms with van der Waals surface area (Å²) in [4.78, 5) is 17.2. The number of likely N-dealkylation sites (N-methyl/N-ethyl adjacent to an activating group) is 1. The van der Waals surface area contributed by atoms with E-state index >= 15 is 0 Å². The number of hydrogen-bond acceptors (Lipinski definition) is 3. The number of rotatable bonds is 2. The number of nitrogens with zero attached hydrogens (tertiary/aromatic N) is 3. The third kappa shape index (κ3) is 1.59. The van der Waals surface area contributed by atoms with Gasteiger partial charge >= 0.3 is 0 Å². The van der Waals surface area contributed by atoms with Gasteiger partial charge in [-0.15, -0.1) is 0 Å². The Morgan fingerprint density at radius 3 is 2.95 bits per heavy atom. The lowest BCUT2D eigenvalue weighted by atomic mass is 10.2. The third-order valence-corrected chi connectivity index (χ3v) is 4.69. The minimum Gasteiger partial charge on any atom is -0.331 e. The highest BCUT2D eigenvalue weighted by Gasteiger charge is 2.45. The van der Waals surface area contributed by atoms with E-state index < -0.39 is 0 Å². The predicted molar refractivity (Wildman–Crippen MR) is 76.6 cm³/mol. The van der Waals surface area contributed by atoms with Crippen molar-refractivity contribution in [3.63, 3.8) is 0 Å². The zero-order valence-corrected chi connectivity index (χ0v) is 11.5. The van der Waals surface area contributed by atoms with Crippen molar-refractivity contribution in [3.05, 3.63) is 30.0 Å². The summed E-state index contributed by atoms with van der Waals surface area (Å²) >= 11 is 0. The molecular weight excluding hydrogens is 252 g/mol. The van der Waals surface area contributed by atoms with E-state index in [1.165, 1.54) is 0 Å². The lowest BCUT2D eigenvalue weighted by Gasteiger charge is -2.33. The number of carbonyl (C=O) groups is 1. The number of aromatic nitrogens is 2. The zero-order valence-electron chi connectivity index (χ0n) is 11.5. The van der Waals surface area contributed by atoms with Crippen molar-refractivity contribution in [3.8, 4) is 0 Å². The summed E-state index contributed by atoms with van der Waals surface area (Å²) in [7, 11) is 0. The molecule has 0 spiro atoms. The van der Waals surface area contributed by atoms with Crippen molar-refractivity contribution in [1.82, 2.24) is 20.0 Å². The number of para-hydroxylation sites is 1. The molecule has 4 rings (SSSR count). The quantitative estimate of drug-likeness (QED) is 0.899. The molecule has 5 heteroatoms. The number of H-pyrrole nitrogens is 1.